The zero-order chi connectivity index (χ0) is 14.4. The molecule has 0 spiro atoms. The molecule has 7 heteroatoms. The molecule has 1 aromatic carbocycles. The van der Waals surface area contributed by atoms with Crippen molar-refractivity contribution < 1.29 is 4.92 Å². The van der Waals surface area contributed by atoms with Crippen LogP contribution in [0, 0.1) is 10.1 Å². The lowest BCUT2D eigenvalue weighted by Crippen LogP contribution is -2.05. The van der Waals surface area contributed by atoms with Crippen LogP contribution >= 0.6 is 23.4 Å². The Balaban J connectivity index is 1.75. The molecule has 0 saturated carbocycles. The number of nitrogens with zero attached hydrogens (tertiary/aromatic N) is 2. The summed E-state index contributed by atoms with van der Waals surface area (Å²) in [6, 6.07) is 10.7. The van der Waals surface area contributed by atoms with Gasteiger partial charge < -0.3 is 5.32 Å². The summed E-state index contributed by atoms with van der Waals surface area (Å²) in [4.78, 5) is 15.1. The second-order valence-electron chi connectivity index (χ2n) is 3.89. The highest BCUT2D eigenvalue weighted by atomic mass is 35.5. The summed E-state index contributed by atoms with van der Waals surface area (Å²) < 4.78 is 0. The topological polar surface area (TPSA) is 68.1 Å². The number of pyridine rings is 1. The minimum Gasteiger partial charge on any atom is -0.369 e. The minimum absolute atomic E-state index is 0.00825. The van der Waals surface area contributed by atoms with E-state index in [1.54, 1.807) is 17.8 Å². The summed E-state index contributed by atoms with van der Waals surface area (Å²) in [5.41, 5.74) is -0.00825. The molecular weight excluding hydrogens is 298 g/mol. The number of hydrogen-bond acceptors (Lipinski definition) is 5. The van der Waals surface area contributed by atoms with E-state index in [-0.39, 0.29) is 5.69 Å². The first kappa shape index (κ1) is 14.6. The maximum atomic E-state index is 10.5. The summed E-state index contributed by atoms with van der Waals surface area (Å²) >= 11 is 7.51. The fourth-order valence-electron chi connectivity index (χ4n) is 1.48. The fraction of sp³-hybridized carbons (Fsp3) is 0.154. The second kappa shape index (κ2) is 7.12. The van der Waals surface area contributed by atoms with Crippen LogP contribution in [0.2, 0.25) is 5.02 Å². The number of rotatable bonds is 6. The summed E-state index contributed by atoms with van der Waals surface area (Å²) in [5.74, 6) is 1.49. The van der Waals surface area contributed by atoms with Crippen LogP contribution in [0.25, 0.3) is 0 Å². The van der Waals surface area contributed by atoms with Gasteiger partial charge in [0, 0.05) is 28.3 Å². The number of benzene rings is 1. The number of aromatic nitrogens is 1. The Morgan fingerprint density at radius 2 is 2.00 bits per heavy atom. The highest BCUT2D eigenvalue weighted by Gasteiger charge is 2.04. The lowest BCUT2D eigenvalue weighted by Gasteiger charge is -2.05. The van der Waals surface area contributed by atoms with Crippen molar-refractivity contribution in [3.63, 3.8) is 0 Å². The fourth-order valence-corrected chi connectivity index (χ4v) is 2.37. The van der Waals surface area contributed by atoms with E-state index in [9.17, 15) is 10.1 Å². The predicted molar refractivity (Wildman–Crippen MR) is 81.6 cm³/mol. The molecule has 0 bridgehead atoms. The molecule has 1 aromatic heterocycles. The molecule has 2 rings (SSSR count). The molecule has 0 saturated heterocycles. The van der Waals surface area contributed by atoms with Gasteiger partial charge in [0.1, 0.15) is 12.0 Å². The van der Waals surface area contributed by atoms with Gasteiger partial charge in [0.2, 0.25) is 0 Å². The average molecular weight is 310 g/mol. The van der Waals surface area contributed by atoms with Crippen molar-refractivity contribution in [2.75, 3.05) is 17.6 Å². The molecule has 0 amide bonds. The quantitative estimate of drug-likeness (QED) is 0.380. The van der Waals surface area contributed by atoms with Crippen LogP contribution in [-0.4, -0.2) is 22.2 Å². The summed E-state index contributed by atoms with van der Waals surface area (Å²) in [7, 11) is 0. The number of anilines is 1. The van der Waals surface area contributed by atoms with Crippen LogP contribution in [0.5, 0.6) is 0 Å². The molecule has 0 fully saturated rings. The highest BCUT2D eigenvalue weighted by molar-refractivity contribution is 7.99. The molecule has 0 atom stereocenters. The largest absolute Gasteiger partial charge is 0.369 e. The Hall–Kier alpha value is -1.79. The highest BCUT2D eigenvalue weighted by Crippen LogP contribution is 2.20. The van der Waals surface area contributed by atoms with E-state index in [4.69, 9.17) is 11.6 Å². The normalized spacial score (nSPS) is 10.2. The van der Waals surface area contributed by atoms with Crippen LogP contribution in [0.3, 0.4) is 0 Å². The molecule has 2 aromatic rings. The van der Waals surface area contributed by atoms with Crippen molar-refractivity contribution in [3.05, 3.63) is 57.7 Å². The average Bonchev–Trinajstić information content (AvgIpc) is 2.46. The molecule has 0 aliphatic rings. The Bertz CT molecular complexity index is 575. The van der Waals surface area contributed by atoms with Crippen LogP contribution < -0.4 is 5.32 Å². The van der Waals surface area contributed by atoms with Gasteiger partial charge in [-0.25, -0.2) is 4.98 Å². The zero-order valence-corrected chi connectivity index (χ0v) is 12.0. The summed E-state index contributed by atoms with van der Waals surface area (Å²) in [5, 5.41) is 14.3. The minimum atomic E-state index is -0.465. The number of nitro groups is 1. The van der Waals surface area contributed by atoms with Gasteiger partial charge in [0.05, 0.1) is 4.92 Å². The molecule has 20 heavy (non-hydrogen) atoms. The SMILES string of the molecule is O=[N+]([O-])c1ccc(NCCSc2ccc(Cl)cc2)nc1. The first-order chi connectivity index (χ1) is 9.65. The van der Waals surface area contributed by atoms with Crippen molar-refractivity contribution in [2.24, 2.45) is 0 Å². The zero-order valence-electron chi connectivity index (χ0n) is 10.5. The Labute approximate surface area is 125 Å². The molecule has 0 unspecified atom stereocenters. The maximum absolute atomic E-state index is 10.5. The first-order valence-electron chi connectivity index (χ1n) is 5.88. The molecule has 1 heterocycles. The van der Waals surface area contributed by atoms with Crippen LogP contribution in [0.4, 0.5) is 11.5 Å². The number of halogens is 1. The third kappa shape index (κ3) is 4.40. The smallest absolute Gasteiger partial charge is 0.287 e. The van der Waals surface area contributed by atoms with Gasteiger partial charge >= 0.3 is 0 Å². The monoisotopic (exact) mass is 309 g/mol. The van der Waals surface area contributed by atoms with Crippen LogP contribution in [0.1, 0.15) is 0 Å². The third-order valence-corrected chi connectivity index (χ3v) is 3.71. The van der Waals surface area contributed by atoms with E-state index in [0.29, 0.717) is 5.82 Å². The van der Waals surface area contributed by atoms with E-state index in [0.717, 1.165) is 22.2 Å². The van der Waals surface area contributed by atoms with Crippen molar-refractivity contribution in [1.82, 2.24) is 4.98 Å². The van der Waals surface area contributed by atoms with E-state index in [1.165, 1.54) is 12.3 Å². The molecule has 104 valence electrons. The maximum Gasteiger partial charge on any atom is 0.287 e. The van der Waals surface area contributed by atoms with Crippen LogP contribution in [0.15, 0.2) is 47.5 Å². The molecule has 0 radical (unpaired) electrons. The van der Waals surface area contributed by atoms with Crippen molar-refractivity contribution in [1.29, 1.82) is 0 Å². The van der Waals surface area contributed by atoms with Crippen molar-refractivity contribution in [2.45, 2.75) is 4.90 Å². The number of thioether (sulfide) groups is 1. The van der Waals surface area contributed by atoms with Gasteiger partial charge in [-0.15, -0.1) is 11.8 Å². The number of hydrogen-bond donors (Lipinski definition) is 1. The van der Waals surface area contributed by atoms with E-state index in [1.807, 2.05) is 24.3 Å². The molecule has 5 nitrogen and oxygen atoms in total. The van der Waals surface area contributed by atoms with Crippen LogP contribution in [-0.2, 0) is 0 Å². The van der Waals surface area contributed by atoms with E-state index >= 15 is 0 Å². The standard InChI is InChI=1S/C13H12ClN3O2S/c14-10-1-4-12(5-2-10)20-8-7-15-13-6-3-11(9-16-13)17(18)19/h1-6,9H,7-8H2,(H,15,16). The molecule has 1 N–H and O–H groups in total. The molecule has 0 aliphatic carbocycles. The lowest BCUT2D eigenvalue weighted by molar-refractivity contribution is -0.385. The Kier molecular flexibility index (Phi) is 5.20. The van der Waals surface area contributed by atoms with Gasteiger partial charge in [0.25, 0.3) is 5.69 Å². The van der Waals surface area contributed by atoms with E-state index < -0.39 is 4.92 Å². The molecular formula is C13H12ClN3O2S. The van der Waals surface area contributed by atoms with Gasteiger partial charge in [-0.05, 0) is 30.3 Å². The van der Waals surface area contributed by atoms with Crippen molar-refractivity contribution in [3.8, 4) is 0 Å². The molecule has 0 aliphatic heterocycles. The van der Waals surface area contributed by atoms with Gasteiger partial charge in [-0.1, -0.05) is 11.6 Å². The van der Waals surface area contributed by atoms with E-state index in [2.05, 4.69) is 10.3 Å². The van der Waals surface area contributed by atoms with Gasteiger partial charge in [0.15, 0.2) is 0 Å². The lowest BCUT2D eigenvalue weighted by atomic mass is 10.4. The number of nitrogens with one attached hydrogen (secondary N) is 1. The van der Waals surface area contributed by atoms with Gasteiger partial charge in [-0.2, -0.15) is 0 Å². The Morgan fingerprint density at radius 3 is 2.60 bits per heavy atom. The van der Waals surface area contributed by atoms with Crippen molar-refractivity contribution >= 4 is 34.9 Å². The summed E-state index contributed by atoms with van der Waals surface area (Å²) in [6.45, 7) is 0.720. The Morgan fingerprint density at radius 1 is 1.25 bits per heavy atom. The summed E-state index contributed by atoms with van der Waals surface area (Å²) in [6.07, 6.45) is 1.24. The third-order valence-electron chi connectivity index (χ3n) is 2.45. The van der Waals surface area contributed by atoms with Gasteiger partial charge in [-0.3, -0.25) is 10.1 Å². The predicted octanol–water partition coefficient (Wildman–Crippen LogP) is 3.85. The second-order valence-corrected chi connectivity index (χ2v) is 5.49. The first-order valence-corrected chi connectivity index (χ1v) is 7.24.